The monoisotopic (exact) mass is 282 g/mol. The minimum Gasteiger partial charge on any atom is -0.383 e. The fourth-order valence-electron chi connectivity index (χ4n) is 2.20. The third kappa shape index (κ3) is 4.52. The third-order valence-corrected chi connectivity index (χ3v) is 3.38. The zero-order valence-electron chi connectivity index (χ0n) is 13.7. The van der Waals surface area contributed by atoms with E-state index in [2.05, 4.69) is 93.8 Å². The number of hydrogen-bond donors (Lipinski definition) is 2. The van der Waals surface area contributed by atoms with Crippen molar-refractivity contribution in [3.8, 4) is 0 Å². The second-order valence-electron chi connectivity index (χ2n) is 6.83. The molecule has 0 aliphatic carbocycles. The van der Waals surface area contributed by atoms with Gasteiger partial charge in [-0.15, -0.1) is 0 Å². The summed E-state index contributed by atoms with van der Waals surface area (Å²) in [5.41, 5.74) is 4.92. The van der Waals surface area contributed by atoms with Gasteiger partial charge in [0.2, 0.25) is 0 Å². The van der Waals surface area contributed by atoms with Crippen molar-refractivity contribution in [3.05, 3.63) is 54.1 Å². The Labute approximate surface area is 128 Å². The zero-order valence-corrected chi connectivity index (χ0v) is 13.7. The average Bonchev–Trinajstić information content (AvgIpc) is 2.40. The van der Waals surface area contributed by atoms with E-state index >= 15 is 0 Å². The summed E-state index contributed by atoms with van der Waals surface area (Å²) >= 11 is 0. The smallest absolute Gasteiger partial charge is 0.0385 e. The van der Waals surface area contributed by atoms with Crippen LogP contribution in [0.15, 0.2) is 48.5 Å². The Morgan fingerprint density at radius 3 is 1.57 bits per heavy atom. The van der Waals surface area contributed by atoms with Crippen molar-refractivity contribution in [3.63, 3.8) is 0 Å². The van der Waals surface area contributed by atoms with Gasteiger partial charge in [0.05, 0.1) is 0 Å². The van der Waals surface area contributed by atoms with Crippen LogP contribution in [0, 0.1) is 0 Å². The van der Waals surface area contributed by atoms with Crippen molar-refractivity contribution in [2.45, 2.75) is 46.1 Å². The van der Waals surface area contributed by atoms with Gasteiger partial charge in [0, 0.05) is 23.1 Å². The summed E-state index contributed by atoms with van der Waals surface area (Å²) in [6, 6.07) is 17.5. The minimum absolute atomic E-state index is 0.197. The standard InChI is InChI=1S/C19H26N2/c1-14(2)20-16-10-12-18(13-11-16)21-17-8-6-15(7-9-17)19(3,4)5/h6-14,20-21H,1-5H3. The molecule has 0 heterocycles. The topological polar surface area (TPSA) is 24.1 Å². The molecule has 21 heavy (non-hydrogen) atoms. The lowest BCUT2D eigenvalue weighted by atomic mass is 9.87. The number of anilines is 3. The minimum atomic E-state index is 0.197. The van der Waals surface area contributed by atoms with Gasteiger partial charge in [-0.1, -0.05) is 32.9 Å². The normalized spacial score (nSPS) is 11.5. The Hall–Kier alpha value is -1.96. The van der Waals surface area contributed by atoms with Gasteiger partial charge in [0.25, 0.3) is 0 Å². The van der Waals surface area contributed by atoms with Crippen molar-refractivity contribution in [2.24, 2.45) is 0 Å². The molecular formula is C19H26N2. The Bertz CT molecular complexity index is 560. The molecule has 2 aromatic carbocycles. The Balaban J connectivity index is 2.04. The van der Waals surface area contributed by atoms with Crippen LogP contribution in [-0.4, -0.2) is 6.04 Å². The lowest BCUT2D eigenvalue weighted by Gasteiger charge is -2.19. The molecule has 0 spiro atoms. The van der Waals surface area contributed by atoms with E-state index < -0.39 is 0 Å². The largest absolute Gasteiger partial charge is 0.383 e. The molecule has 2 rings (SSSR count). The molecule has 2 aromatic rings. The van der Waals surface area contributed by atoms with Crippen LogP contribution in [-0.2, 0) is 5.41 Å². The van der Waals surface area contributed by atoms with Crippen LogP contribution in [0.5, 0.6) is 0 Å². The maximum absolute atomic E-state index is 3.44. The molecule has 0 radical (unpaired) electrons. The molecular weight excluding hydrogens is 256 g/mol. The van der Waals surface area contributed by atoms with Crippen molar-refractivity contribution < 1.29 is 0 Å². The van der Waals surface area contributed by atoms with Gasteiger partial charge in [-0.2, -0.15) is 0 Å². The fourth-order valence-corrected chi connectivity index (χ4v) is 2.20. The van der Waals surface area contributed by atoms with Gasteiger partial charge in [-0.3, -0.25) is 0 Å². The van der Waals surface area contributed by atoms with Gasteiger partial charge < -0.3 is 10.6 Å². The highest BCUT2D eigenvalue weighted by Gasteiger charge is 2.12. The predicted octanol–water partition coefficient (Wildman–Crippen LogP) is 5.55. The SMILES string of the molecule is CC(C)Nc1ccc(Nc2ccc(C(C)(C)C)cc2)cc1. The van der Waals surface area contributed by atoms with Crippen molar-refractivity contribution in [1.82, 2.24) is 0 Å². The van der Waals surface area contributed by atoms with Crippen molar-refractivity contribution >= 4 is 17.1 Å². The Kier molecular flexibility index (Phi) is 4.56. The third-order valence-electron chi connectivity index (χ3n) is 3.38. The van der Waals surface area contributed by atoms with E-state index in [4.69, 9.17) is 0 Å². The molecule has 0 saturated heterocycles. The van der Waals surface area contributed by atoms with Gasteiger partial charge in [-0.05, 0) is 61.2 Å². The van der Waals surface area contributed by atoms with Gasteiger partial charge in [0.15, 0.2) is 0 Å². The highest BCUT2D eigenvalue weighted by Crippen LogP contribution is 2.25. The van der Waals surface area contributed by atoms with E-state index in [-0.39, 0.29) is 5.41 Å². The highest BCUT2D eigenvalue weighted by atomic mass is 14.9. The van der Waals surface area contributed by atoms with Crippen LogP contribution >= 0.6 is 0 Å². The molecule has 2 nitrogen and oxygen atoms in total. The van der Waals surface area contributed by atoms with E-state index in [1.807, 2.05) is 0 Å². The molecule has 0 bridgehead atoms. The van der Waals surface area contributed by atoms with E-state index in [1.165, 1.54) is 5.56 Å². The van der Waals surface area contributed by atoms with Crippen LogP contribution in [0.2, 0.25) is 0 Å². The number of benzene rings is 2. The van der Waals surface area contributed by atoms with Crippen LogP contribution < -0.4 is 10.6 Å². The number of hydrogen-bond acceptors (Lipinski definition) is 2. The maximum Gasteiger partial charge on any atom is 0.0385 e. The van der Waals surface area contributed by atoms with E-state index in [9.17, 15) is 0 Å². The molecule has 0 fully saturated rings. The van der Waals surface area contributed by atoms with Crippen molar-refractivity contribution in [2.75, 3.05) is 10.6 Å². The summed E-state index contributed by atoms with van der Waals surface area (Å²) in [4.78, 5) is 0. The summed E-state index contributed by atoms with van der Waals surface area (Å²) in [7, 11) is 0. The van der Waals surface area contributed by atoms with E-state index in [0.717, 1.165) is 17.1 Å². The number of nitrogens with one attached hydrogen (secondary N) is 2. The summed E-state index contributed by atoms with van der Waals surface area (Å²) in [5.74, 6) is 0. The first-order chi connectivity index (χ1) is 9.84. The molecule has 0 amide bonds. The van der Waals surface area contributed by atoms with E-state index in [1.54, 1.807) is 0 Å². The molecule has 2 heteroatoms. The molecule has 0 aromatic heterocycles. The van der Waals surface area contributed by atoms with Gasteiger partial charge in [-0.25, -0.2) is 0 Å². The Morgan fingerprint density at radius 1 is 0.714 bits per heavy atom. The maximum atomic E-state index is 3.44. The van der Waals surface area contributed by atoms with Crippen molar-refractivity contribution in [1.29, 1.82) is 0 Å². The summed E-state index contributed by atoms with van der Waals surface area (Å²) < 4.78 is 0. The molecule has 0 unspecified atom stereocenters. The predicted molar refractivity (Wildman–Crippen MR) is 93.6 cm³/mol. The molecule has 0 atom stereocenters. The summed E-state index contributed by atoms with van der Waals surface area (Å²) in [6.07, 6.45) is 0. The second kappa shape index (κ2) is 6.21. The average molecular weight is 282 g/mol. The molecule has 2 N–H and O–H groups in total. The molecule has 0 saturated carbocycles. The first-order valence-electron chi connectivity index (χ1n) is 7.59. The van der Waals surface area contributed by atoms with Crippen LogP contribution in [0.25, 0.3) is 0 Å². The lowest BCUT2D eigenvalue weighted by Crippen LogP contribution is -2.10. The molecule has 112 valence electrons. The number of rotatable bonds is 4. The second-order valence-corrected chi connectivity index (χ2v) is 6.83. The van der Waals surface area contributed by atoms with Gasteiger partial charge in [0.1, 0.15) is 0 Å². The summed E-state index contributed by atoms with van der Waals surface area (Å²) in [5, 5.41) is 6.83. The molecule has 0 aliphatic heterocycles. The first kappa shape index (κ1) is 15.4. The van der Waals surface area contributed by atoms with Crippen LogP contribution in [0.4, 0.5) is 17.1 Å². The molecule has 0 aliphatic rings. The highest BCUT2D eigenvalue weighted by molar-refractivity contribution is 5.62. The van der Waals surface area contributed by atoms with Crippen LogP contribution in [0.3, 0.4) is 0 Å². The van der Waals surface area contributed by atoms with E-state index in [0.29, 0.717) is 6.04 Å². The van der Waals surface area contributed by atoms with Crippen LogP contribution in [0.1, 0.15) is 40.2 Å². The quantitative estimate of drug-likeness (QED) is 0.768. The summed E-state index contributed by atoms with van der Waals surface area (Å²) in [6.45, 7) is 11.0. The fraction of sp³-hybridized carbons (Fsp3) is 0.368. The van der Waals surface area contributed by atoms with Gasteiger partial charge >= 0.3 is 0 Å². The zero-order chi connectivity index (χ0) is 15.5. The lowest BCUT2D eigenvalue weighted by molar-refractivity contribution is 0.590. The first-order valence-corrected chi connectivity index (χ1v) is 7.59. The Morgan fingerprint density at radius 2 is 1.14 bits per heavy atom.